The smallest absolute Gasteiger partial charge is 0.223 e. The van der Waals surface area contributed by atoms with Crippen molar-refractivity contribution in [2.24, 2.45) is 5.92 Å². The molecule has 18 heavy (non-hydrogen) atoms. The van der Waals surface area contributed by atoms with Crippen molar-refractivity contribution in [1.29, 1.82) is 0 Å². The van der Waals surface area contributed by atoms with Crippen LogP contribution in [-0.4, -0.2) is 47.1 Å². The number of carbonyl (C=O) groups is 1. The van der Waals surface area contributed by atoms with Crippen molar-refractivity contribution in [2.45, 2.75) is 32.3 Å². The summed E-state index contributed by atoms with van der Waals surface area (Å²) in [6.07, 6.45) is 5.87. The molecule has 1 aromatic heterocycles. The van der Waals surface area contributed by atoms with Crippen LogP contribution < -0.4 is 0 Å². The second-order valence-electron chi connectivity index (χ2n) is 4.96. The lowest BCUT2D eigenvalue weighted by Crippen LogP contribution is -2.46. The summed E-state index contributed by atoms with van der Waals surface area (Å²) in [7, 11) is 1.72. The number of carbonyl (C=O) groups excluding carboxylic acids is 1. The van der Waals surface area contributed by atoms with Crippen LogP contribution in [0.4, 0.5) is 0 Å². The fourth-order valence-corrected chi connectivity index (χ4v) is 2.39. The molecule has 2 unspecified atom stereocenters. The lowest BCUT2D eigenvalue weighted by molar-refractivity contribution is -0.136. The molecule has 1 aliphatic rings. The third-order valence-corrected chi connectivity index (χ3v) is 3.71. The Balaban J connectivity index is 1.82. The van der Waals surface area contributed by atoms with Crippen LogP contribution in [0.1, 0.15) is 25.5 Å². The number of methoxy groups -OCH3 is 1. The fraction of sp³-hybridized carbons (Fsp3) is 0.692. The third kappa shape index (κ3) is 3.10. The maximum Gasteiger partial charge on any atom is 0.223 e. The van der Waals surface area contributed by atoms with Crippen molar-refractivity contribution in [2.75, 3.05) is 20.2 Å². The van der Waals surface area contributed by atoms with Gasteiger partial charge in [0.1, 0.15) is 0 Å². The van der Waals surface area contributed by atoms with Crippen LogP contribution in [0.2, 0.25) is 0 Å². The Morgan fingerprint density at radius 1 is 1.67 bits per heavy atom. The number of hydrogen-bond donors (Lipinski definition) is 1. The number of nitrogens with one attached hydrogen (secondary N) is 1. The molecule has 1 aliphatic heterocycles. The number of H-pyrrole nitrogens is 1. The molecule has 0 aromatic carbocycles. The summed E-state index contributed by atoms with van der Waals surface area (Å²) in [5.41, 5.74) is 1.01. The summed E-state index contributed by atoms with van der Waals surface area (Å²) >= 11 is 0. The average Bonchev–Trinajstić information content (AvgIpc) is 2.89. The molecule has 2 rings (SSSR count). The molecule has 0 aliphatic carbocycles. The zero-order valence-corrected chi connectivity index (χ0v) is 11.1. The number of piperidine rings is 1. The van der Waals surface area contributed by atoms with Crippen molar-refractivity contribution in [3.05, 3.63) is 18.2 Å². The van der Waals surface area contributed by atoms with E-state index in [1.54, 1.807) is 19.6 Å². The molecule has 1 saturated heterocycles. The molecular formula is C13H21N3O2. The zero-order chi connectivity index (χ0) is 13.0. The van der Waals surface area contributed by atoms with E-state index < -0.39 is 0 Å². The first-order valence-electron chi connectivity index (χ1n) is 6.48. The van der Waals surface area contributed by atoms with Crippen LogP contribution in [0.15, 0.2) is 12.5 Å². The Hall–Kier alpha value is -1.36. The first-order chi connectivity index (χ1) is 8.70. The number of nitrogens with zero attached hydrogens (tertiary/aromatic N) is 2. The van der Waals surface area contributed by atoms with Crippen molar-refractivity contribution in [3.63, 3.8) is 0 Å². The van der Waals surface area contributed by atoms with Gasteiger partial charge in [0, 0.05) is 38.5 Å². The van der Waals surface area contributed by atoms with E-state index in [1.807, 2.05) is 4.90 Å². The van der Waals surface area contributed by atoms with Gasteiger partial charge >= 0.3 is 0 Å². The number of imidazole rings is 1. The van der Waals surface area contributed by atoms with Crippen molar-refractivity contribution in [3.8, 4) is 0 Å². The molecule has 5 heteroatoms. The van der Waals surface area contributed by atoms with Gasteiger partial charge in [-0.3, -0.25) is 4.79 Å². The minimum atomic E-state index is 0.176. The summed E-state index contributed by atoms with van der Waals surface area (Å²) in [4.78, 5) is 21.0. The topological polar surface area (TPSA) is 58.2 Å². The predicted octanol–water partition coefficient (Wildman–Crippen LogP) is 1.23. The SMILES string of the molecule is COC1CN(C(=O)CCc2cnc[nH]2)CCC1C. The van der Waals surface area contributed by atoms with E-state index >= 15 is 0 Å². The number of rotatable bonds is 4. The number of amides is 1. The first-order valence-corrected chi connectivity index (χ1v) is 6.48. The van der Waals surface area contributed by atoms with Crippen LogP contribution in [0.3, 0.4) is 0 Å². The lowest BCUT2D eigenvalue weighted by Gasteiger charge is -2.36. The van der Waals surface area contributed by atoms with Gasteiger partial charge in [-0.25, -0.2) is 4.98 Å². The largest absolute Gasteiger partial charge is 0.379 e. The van der Waals surface area contributed by atoms with Crippen molar-refractivity contribution < 1.29 is 9.53 Å². The summed E-state index contributed by atoms with van der Waals surface area (Å²) in [5.74, 6) is 0.741. The maximum atomic E-state index is 12.1. The van der Waals surface area contributed by atoms with Gasteiger partial charge in [-0.05, 0) is 18.8 Å². The molecule has 0 bridgehead atoms. The molecular weight excluding hydrogens is 230 g/mol. The van der Waals surface area contributed by atoms with Crippen LogP contribution >= 0.6 is 0 Å². The van der Waals surface area contributed by atoms with Gasteiger partial charge in [0.05, 0.1) is 12.4 Å². The Bertz CT molecular complexity index is 378. The summed E-state index contributed by atoms with van der Waals surface area (Å²) < 4.78 is 5.42. The third-order valence-electron chi connectivity index (χ3n) is 3.71. The molecule has 2 atom stereocenters. The van der Waals surface area contributed by atoms with Gasteiger partial charge in [-0.15, -0.1) is 0 Å². The molecule has 5 nitrogen and oxygen atoms in total. The second kappa shape index (κ2) is 6.00. The highest BCUT2D eigenvalue weighted by Gasteiger charge is 2.28. The molecule has 1 fully saturated rings. The van der Waals surface area contributed by atoms with Crippen LogP contribution in [-0.2, 0) is 16.0 Å². The van der Waals surface area contributed by atoms with Gasteiger partial charge in [0.2, 0.25) is 5.91 Å². The highest BCUT2D eigenvalue weighted by molar-refractivity contribution is 5.76. The van der Waals surface area contributed by atoms with Crippen LogP contribution in [0.5, 0.6) is 0 Å². The highest BCUT2D eigenvalue weighted by atomic mass is 16.5. The number of aromatic amines is 1. The molecule has 0 radical (unpaired) electrons. The molecule has 1 N–H and O–H groups in total. The lowest BCUT2D eigenvalue weighted by atomic mass is 9.95. The van der Waals surface area contributed by atoms with Gasteiger partial charge in [0.25, 0.3) is 0 Å². The second-order valence-corrected chi connectivity index (χ2v) is 4.96. The quantitative estimate of drug-likeness (QED) is 0.875. The number of likely N-dealkylation sites (tertiary alicyclic amines) is 1. The molecule has 2 heterocycles. The number of aryl methyl sites for hydroxylation is 1. The highest BCUT2D eigenvalue weighted by Crippen LogP contribution is 2.20. The van der Waals surface area contributed by atoms with Crippen LogP contribution in [0, 0.1) is 5.92 Å². The molecule has 100 valence electrons. The Kier molecular flexibility index (Phi) is 4.36. The standard InChI is InChI=1S/C13H21N3O2/c1-10-5-6-16(8-12(10)18-2)13(17)4-3-11-7-14-9-15-11/h7,9-10,12H,3-6,8H2,1-2H3,(H,14,15). The monoisotopic (exact) mass is 251 g/mol. The molecule has 0 spiro atoms. The molecule has 1 aromatic rings. The minimum Gasteiger partial charge on any atom is -0.379 e. The van der Waals surface area contributed by atoms with Gasteiger partial charge in [-0.1, -0.05) is 6.92 Å². The van der Waals surface area contributed by atoms with Crippen LogP contribution in [0.25, 0.3) is 0 Å². The number of ether oxygens (including phenoxy) is 1. The molecule has 1 amide bonds. The Morgan fingerprint density at radius 3 is 3.17 bits per heavy atom. The zero-order valence-electron chi connectivity index (χ0n) is 11.1. The van der Waals surface area contributed by atoms with E-state index in [2.05, 4.69) is 16.9 Å². The van der Waals surface area contributed by atoms with Crippen molar-refractivity contribution >= 4 is 5.91 Å². The summed E-state index contributed by atoms with van der Waals surface area (Å²) in [6, 6.07) is 0. The van der Waals surface area contributed by atoms with E-state index in [-0.39, 0.29) is 12.0 Å². The molecule has 0 saturated carbocycles. The van der Waals surface area contributed by atoms with E-state index in [9.17, 15) is 4.79 Å². The normalized spacial score (nSPS) is 24.2. The Labute approximate surface area is 108 Å². The number of aromatic nitrogens is 2. The van der Waals surface area contributed by atoms with Gasteiger partial charge in [0.15, 0.2) is 0 Å². The van der Waals surface area contributed by atoms with E-state index in [1.165, 1.54) is 0 Å². The number of hydrogen-bond acceptors (Lipinski definition) is 3. The predicted molar refractivity (Wildman–Crippen MR) is 68.1 cm³/mol. The minimum absolute atomic E-state index is 0.176. The summed E-state index contributed by atoms with van der Waals surface area (Å²) in [6.45, 7) is 3.75. The fourth-order valence-electron chi connectivity index (χ4n) is 2.39. The first kappa shape index (κ1) is 13.1. The average molecular weight is 251 g/mol. The van der Waals surface area contributed by atoms with Gasteiger partial charge < -0.3 is 14.6 Å². The summed E-state index contributed by atoms with van der Waals surface area (Å²) in [5, 5.41) is 0. The van der Waals surface area contributed by atoms with E-state index in [0.717, 1.165) is 31.6 Å². The van der Waals surface area contributed by atoms with E-state index in [0.29, 0.717) is 12.3 Å². The Morgan fingerprint density at radius 2 is 2.50 bits per heavy atom. The van der Waals surface area contributed by atoms with E-state index in [4.69, 9.17) is 4.74 Å². The van der Waals surface area contributed by atoms with Gasteiger partial charge in [-0.2, -0.15) is 0 Å². The van der Waals surface area contributed by atoms with Crippen molar-refractivity contribution in [1.82, 2.24) is 14.9 Å². The maximum absolute atomic E-state index is 12.1.